The third-order valence-corrected chi connectivity index (χ3v) is 2.26. The summed E-state index contributed by atoms with van der Waals surface area (Å²) in [5.74, 6) is 0.185. The number of aryl methyl sites for hydroxylation is 1. The minimum atomic E-state index is -0.382. The van der Waals surface area contributed by atoms with E-state index in [0.717, 1.165) is 0 Å². The molecule has 1 aromatic heterocycles. The molecule has 0 radical (unpaired) electrons. The molecule has 92 valence electrons. The van der Waals surface area contributed by atoms with Gasteiger partial charge in [-0.1, -0.05) is 6.07 Å². The highest BCUT2D eigenvalue weighted by molar-refractivity contribution is 5.95. The minimum absolute atomic E-state index is 0.0652. The Morgan fingerprint density at radius 3 is 2.78 bits per heavy atom. The Hall–Kier alpha value is -2.43. The van der Waals surface area contributed by atoms with Gasteiger partial charge < -0.3 is 10.5 Å². The second kappa shape index (κ2) is 4.83. The van der Waals surface area contributed by atoms with E-state index >= 15 is 0 Å². The monoisotopic (exact) mass is 245 g/mol. The number of nitrogen functional groups attached to an aromatic ring is 1. The second-order valence-corrected chi connectivity index (χ2v) is 3.81. The lowest BCUT2D eigenvalue weighted by Gasteiger charge is -2.07. The molecule has 0 atom stereocenters. The van der Waals surface area contributed by atoms with E-state index in [-0.39, 0.29) is 17.5 Å². The van der Waals surface area contributed by atoms with Crippen molar-refractivity contribution >= 4 is 5.84 Å². The van der Waals surface area contributed by atoms with Gasteiger partial charge in [0.25, 0.3) is 0 Å². The Morgan fingerprint density at radius 1 is 1.33 bits per heavy atom. The van der Waals surface area contributed by atoms with Gasteiger partial charge in [-0.25, -0.2) is 9.37 Å². The summed E-state index contributed by atoms with van der Waals surface area (Å²) in [4.78, 5) is 4.14. The lowest BCUT2D eigenvalue weighted by Crippen LogP contribution is -2.11. The predicted molar refractivity (Wildman–Crippen MR) is 66.5 cm³/mol. The Bertz CT molecular complexity index is 599. The van der Waals surface area contributed by atoms with Crippen molar-refractivity contribution in [2.75, 3.05) is 0 Å². The number of ether oxygens (including phenoxy) is 1. The molecule has 1 heterocycles. The Labute approximate surface area is 104 Å². The molecule has 5 heteroatoms. The van der Waals surface area contributed by atoms with Crippen LogP contribution < -0.4 is 10.5 Å². The molecular weight excluding hydrogens is 233 g/mol. The molecule has 3 N–H and O–H groups in total. The van der Waals surface area contributed by atoms with Crippen LogP contribution in [0.5, 0.6) is 11.6 Å². The highest BCUT2D eigenvalue weighted by Crippen LogP contribution is 2.21. The summed E-state index contributed by atoms with van der Waals surface area (Å²) < 4.78 is 18.4. The van der Waals surface area contributed by atoms with Crippen molar-refractivity contribution in [1.29, 1.82) is 5.41 Å². The first kappa shape index (κ1) is 12.0. The number of pyridine rings is 1. The van der Waals surface area contributed by atoms with Gasteiger partial charge in [0.15, 0.2) is 0 Å². The summed E-state index contributed by atoms with van der Waals surface area (Å²) in [6, 6.07) is 8.99. The van der Waals surface area contributed by atoms with Crippen molar-refractivity contribution in [3.05, 3.63) is 53.5 Å². The van der Waals surface area contributed by atoms with Gasteiger partial charge in [-0.2, -0.15) is 0 Å². The van der Waals surface area contributed by atoms with Crippen LogP contribution in [-0.4, -0.2) is 10.8 Å². The number of rotatable bonds is 3. The van der Waals surface area contributed by atoms with Gasteiger partial charge in [-0.3, -0.25) is 5.41 Å². The van der Waals surface area contributed by atoms with Crippen LogP contribution >= 0.6 is 0 Å². The predicted octanol–water partition coefficient (Wildman–Crippen LogP) is 2.61. The van der Waals surface area contributed by atoms with E-state index in [1.165, 1.54) is 12.1 Å². The van der Waals surface area contributed by atoms with Crippen LogP contribution in [0.1, 0.15) is 11.3 Å². The molecule has 1 aromatic carbocycles. The average molecular weight is 245 g/mol. The smallest absolute Gasteiger partial charge is 0.220 e. The van der Waals surface area contributed by atoms with Gasteiger partial charge in [-0.05, 0) is 25.1 Å². The summed E-state index contributed by atoms with van der Waals surface area (Å²) in [6.45, 7) is 1.77. The van der Waals surface area contributed by atoms with Crippen LogP contribution in [0.15, 0.2) is 36.4 Å². The van der Waals surface area contributed by atoms with E-state index in [4.69, 9.17) is 15.9 Å². The third kappa shape index (κ3) is 2.82. The zero-order valence-electron chi connectivity index (χ0n) is 9.77. The lowest BCUT2D eigenvalue weighted by molar-refractivity contribution is 0.457. The maximum Gasteiger partial charge on any atom is 0.220 e. The van der Waals surface area contributed by atoms with Crippen LogP contribution in [0.3, 0.4) is 0 Å². The number of hydrogen-bond donors (Lipinski definition) is 2. The maximum atomic E-state index is 13.0. The molecule has 0 aliphatic carbocycles. The van der Waals surface area contributed by atoms with Gasteiger partial charge in [-0.15, -0.1) is 0 Å². The fourth-order valence-electron chi connectivity index (χ4n) is 1.50. The first-order valence-electron chi connectivity index (χ1n) is 5.31. The molecule has 0 saturated heterocycles. The first-order chi connectivity index (χ1) is 8.54. The van der Waals surface area contributed by atoms with Gasteiger partial charge in [0.2, 0.25) is 5.88 Å². The van der Waals surface area contributed by atoms with E-state index in [1.807, 2.05) is 0 Å². The summed E-state index contributed by atoms with van der Waals surface area (Å²) in [7, 11) is 0. The SMILES string of the molecule is Cc1cc(C(=N)N)cc(Oc2cccc(F)c2)n1. The van der Waals surface area contributed by atoms with Crippen molar-refractivity contribution in [2.24, 2.45) is 5.73 Å². The van der Waals surface area contributed by atoms with Crippen LogP contribution in [-0.2, 0) is 0 Å². The lowest BCUT2D eigenvalue weighted by atomic mass is 10.2. The van der Waals surface area contributed by atoms with Crippen molar-refractivity contribution in [3.63, 3.8) is 0 Å². The standard InChI is InChI=1S/C13H12FN3O/c1-8-5-9(13(15)16)6-12(17-8)18-11-4-2-3-10(14)7-11/h2-7H,1H3,(H3,15,16). The van der Waals surface area contributed by atoms with Crippen LogP contribution in [0.4, 0.5) is 4.39 Å². The molecular formula is C13H12FN3O. The first-order valence-corrected chi connectivity index (χ1v) is 5.31. The number of nitrogens with zero attached hydrogens (tertiary/aromatic N) is 1. The molecule has 2 rings (SSSR count). The van der Waals surface area contributed by atoms with Crippen molar-refractivity contribution in [2.45, 2.75) is 6.92 Å². The van der Waals surface area contributed by atoms with Gasteiger partial charge in [0.1, 0.15) is 17.4 Å². The summed E-state index contributed by atoms with van der Waals surface area (Å²) in [5.41, 5.74) is 6.61. The van der Waals surface area contributed by atoms with E-state index in [2.05, 4.69) is 4.98 Å². The molecule has 0 unspecified atom stereocenters. The molecule has 0 aliphatic heterocycles. The number of aromatic nitrogens is 1. The highest BCUT2D eigenvalue weighted by Gasteiger charge is 2.05. The van der Waals surface area contributed by atoms with Crippen molar-refractivity contribution in [3.8, 4) is 11.6 Å². The van der Waals surface area contributed by atoms with E-state index in [1.54, 1.807) is 31.2 Å². The third-order valence-electron chi connectivity index (χ3n) is 2.26. The molecule has 4 nitrogen and oxygen atoms in total. The number of halogens is 1. The van der Waals surface area contributed by atoms with Crippen LogP contribution in [0, 0.1) is 18.2 Å². The number of benzene rings is 1. The number of hydrogen-bond acceptors (Lipinski definition) is 3. The summed E-state index contributed by atoms with van der Waals surface area (Å²) in [6.07, 6.45) is 0. The van der Waals surface area contributed by atoms with Gasteiger partial charge in [0, 0.05) is 23.4 Å². The topological polar surface area (TPSA) is 72.0 Å². The van der Waals surface area contributed by atoms with Gasteiger partial charge >= 0.3 is 0 Å². The fourth-order valence-corrected chi connectivity index (χ4v) is 1.50. The number of nitrogens with one attached hydrogen (secondary N) is 1. The quantitative estimate of drug-likeness (QED) is 0.645. The highest BCUT2D eigenvalue weighted by atomic mass is 19.1. The molecule has 2 aromatic rings. The summed E-state index contributed by atoms with van der Waals surface area (Å²) in [5, 5.41) is 7.38. The van der Waals surface area contributed by atoms with Crippen molar-refractivity contribution in [1.82, 2.24) is 4.98 Å². The van der Waals surface area contributed by atoms with Crippen LogP contribution in [0.25, 0.3) is 0 Å². The second-order valence-electron chi connectivity index (χ2n) is 3.81. The van der Waals surface area contributed by atoms with Crippen molar-refractivity contribution < 1.29 is 9.13 Å². The zero-order chi connectivity index (χ0) is 13.1. The molecule has 0 amide bonds. The molecule has 18 heavy (non-hydrogen) atoms. The summed E-state index contributed by atoms with van der Waals surface area (Å²) >= 11 is 0. The molecule has 0 bridgehead atoms. The zero-order valence-corrected chi connectivity index (χ0v) is 9.77. The van der Waals surface area contributed by atoms with Crippen LogP contribution in [0.2, 0.25) is 0 Å². The Morgan fingerprint density at radius 2 is 2.11 bits per heavy atom. The van der Waals surface area contributed by atoms with E-state index in [9.17, 15) is 4.39 Å². The van der Waals surface area contributed by atoms with E-state index in [0.29, 0.717) is 17.0 Å². The largest absolute Gasteiger partial charge is 0.439 e. The van der Waals surface area contributed by atoms with Gasteiger partial charge in [0.05, 0.1) is 0 Å². The fraction of sp³-hybridized carbons (Fsp3) is 0.0769. The van der Waals surface area contributed by atoms with E-state index < -0.39 is 0 Å². The number of amidine groups is 1. The molecule has 0 fully saturated rings. The molecule has 0 spiro atoms. The average Bonchev–Trinajstić information content (AvgIpc) is 2.28. The maximum absolute atomic E-state index is 13.0. The Balaban J connectivity index is 2.31. The normalized spacial score (nSPS) is 10.1. The molecule has 0 aliphatic rings. The number of nitrogens with two attached hydrogens (primary N) is 1. The Kier molecular flexibility index (Phi) is 3.23. The minimum Gasteiger partial charge on any atom is -0.439 e. The molecule has 0 saturated carbocycles.